The molecule has 1 aromatic carbocycles. The number of nitrogens with one attached hydrogen (secondary N) is 1. The van der Waals surface area contributed by atoms with Gasteiger partial charge < -0.3 is 4.98 Å². The van der Waals surface area contributed by atoms with Crippen molar-refractivity contribution in [3.05, 3.63) is 58.0 Å². The van der Waals surface area contributed by atoms with E-state index in [1.54, 1.807) is 5.20 Å². The molecule has 0 amide bonds. The van der Waals surface area contributed by atoms with Gasteiger partial charge >= 0.3 is 0 Å². The minimum atomic E-state index is -1.83. The van der Waals surface area contributed by atoms with E-state index in [0.717, 1.165) is 0 Å². The monoisotopic (exact) mass is 407 g/mol. The summed E-state index contributed by atoms with van der Waals surface area (Å²) in [6.45, 7) is 25.7. The highest BCUT2D eigenvalue weighted by molar-refractivity contribution is 6.91. The molecule has 29 heavy (non-hydrogen) atoms. The second-order valence-corrected chi connectivity index (χ2v) is 16.6. The molecule has 0 saturated heterocycles. The summed E-state index contributed by atoms with van der Waals surface area (Å²) in [4.78, 5) is 4.03. The second kappa shape index (κ2) is 6.82. The smallest absolute Gasteiger partial charge is 0.149 e. The van der Waals surface area contributed by atoms with Crippen molar-refractivity contribution in [3.8, 4) is 0 Å². The Morgan fingerprint density at radius 3 is 1.97 bits per heavy atom. The second-order valence-electron chi connectivity index (χ2n) is 12.6. The maximum atomic E-state index is 4.03. The van der Waals surface area contributed by atoms with Crippen LogP contribution >= 0.6 is 0 Å². The van der Waals surface area contributed by atoms with Crippen molar-refractivity contribution in [3.63, 3.8) is 0 Å². The van der Waals surface area contributed by atoms with Crippen LogP contribution in [0, 0.1) is 11.3 Å². The fourth-order valence-corrected chi connectivity index (χ4v) is 8.89. The van der Waals surface area contributed by atoms with E-state index in [2.05, 4.69) is 117 Å². The molecule has 0 bridgehead atoms. The third kappa shape index (κ3) is 4.39. The summed E-state index contributed by atoms with van der Waals surface area (Å²) in [5.41, 5.74) is 4.79. The highest BCUT2D eigenvalue weighted by atomic mass is 28.3. The van der Waals surface area contributed by atoms with Crippen LogP contribution < -0.4 is 15.4 Å². The maximum Gasteiger partial charge on any atom is 0.149 e. The molecule has 1 unspecified atom stereocenters. The molecule has 0 fully saturated rings. The predicted molar refractivity (Wildman–Crippen MR) is 132 cm³/mol. The Balaban J connectivity index is 2.33. The molecule has 1 atom stereocenters. The van der Waals surface area contributed by atoms with Gasteiger partial charge in [-0.1, -0.05) is 91.1 Å². The van der Waals surface area contributed by atoms with Crippen molar-refractivity contribution in [2.45, 2.75) is 86.4 Å². The van der Waals surface area contributed by atoms with E-state index in [-0.39, 0.29) is 16.4 Å². The van der Waals surface area contributed by atoms with Crippen molar-refractivity contribution in [1.29, 1.82) is 0 Å². The molecule has 0 heterocycles. The summed E-state index contributed by atoms with van der Waals surface area (Å²) >= 11 is 0. The Morgan fingerprint density at radius 2 is 1.45 bits per heavy atom. The lowest BCUT2D eigenvalue weighted by Gasteiger charge is -2.37. The Bertz CT molecular complexity index is 999. The molecular weight excluding hydrogens is 366 g/mol. The zero-order valence-corrected chi connectivity index (χ0v) is 21.5. The Labute approximate surface area is 179 Å². The first-order valence-electron chi connectivity index (χ1n) is 11.1. The quantitative estimate of drug-likeness (QED) is 0.630. The van der Waals surface area contributed by atoms with Gasteiger partial charge in [0.05, 0.1) is 0 Å². The number of hydrogen-bond donors (Lipinski definition) is 1. The Morgan fingerprint density at radius 1 is 0.828 bits per heavy atom. The third-order valence-electron chi connectivity index (χ3n) is 6.14. The van der Waals surface area contributed by atoms with Crippen molar-refractivity contribution >= 4 is 19.0 Å². The van der Waals surface area contributed by atoms with Gasteiger partial charge in [-0.15, -0.1) is 0 Å². The number of allylic oxidation sites excluding steroid dienone is 4. The molecule has 3 rings (SSSR count). The van der Waals surface area contributed by atoms with Gasteiger partial charge in [0.25, 0.3) is 0 Å². The van der Waals surface area contributed by atoms with Crippen LogP contribution in [0.2, 0.25) is 13.1 Å². The van der Waals surface area contributed by atoms with Crippen LogP contribution in [0.1, 0.15) is 67.9 Å². The minimum Gasteiger partial charge on any atom is -0.329 e. The van der Waals surface area contributed by atoms with E-state index in [4.69, 9.17) is 0 Å². The van der Waals surface area contributed by atoms with E-state index in [0.29, 0.717) is 5.92 Å². The molecule has 0 saturated carbocycles. The van der Waals surface area contributed by atoms with Gasteiger partial charge in [-0.3, -0.25) is 0 Å². The SMILES string of the molecule is CC(C)(C)N[Si](C)(C)C1=c2ccc(C(C)(C)C)cc2=C2C=C(C(C)(C)C)C=CC21. The highest BCUT2D eigenvalue weighted by Gasteiger charge is 2.39. The topological polar surface area (TPSA) is 12.0 Å². The summed E-state index contributed by atoms with van der Waals surface area (Å²) < 4.78 is 0. The molecule has 1 N–H and O–H groups in total. The Hall–Kier alpha value is -1.38. The lowest BCUT2D eigenvalue weighted by atomic mass is 9.80. The van der Waals surface area contributed by atoms with E-state index >= 15 is 0 Å². The van der Waals surface area contributed by atoms with Crippen LogP contribution in [0.3, 0.4) is 0 Å². The van der Waals surface area contributed by atoms with Gasteiger partial charge in [0.1, 0.15) is 8.24 Å². The highest BCUT2D eigenvalue weighted by Crippen LogP contribution is 2.40. The van der Waals surface area contributed by atoms with Gasteiger partial charge in [0.2, 0.25) is 0 Å². The molecule has 2 aliphatic carbocycles. The zero-order chi connectivity index (χ0) is 22.0. The number of benzene rings is 1. The molecule has 1 nitrogen and oxygen atoms in total. The van der Waals surface area contributed by atoms with E-state index < -0.39 is 8.24 Å². The molecular formula is C27H41NSi. The van der Waals surface area contributed by atoms with Crippen molar-refractivity contribution in [1.82, 2.24) is 4.98 Å². The largest absolute Gasteiger partial charge is 0.329 e. The number of rotatable bonds is 2. The van der Waals surface area contributed by atoms with Crippen LogP contribution in [0.25, 0.3) is 10.8 Å². The normalized spacial score (nSPS) is 20.0. The summed E-state index contributed by atoms with van der Waals surface area (Å²) in [5.74, 6) is 0.405. The standard InChI is InChI=1S/C27H41NSi/c1-25(2,3)18-12-14-20-22(16-18)23-17-19(26(4,5)6)13-15-21(23)24(20)29(10,11)28-27(7,8)9/h12-17,20,28H,1-11H3. The van der Waals surface area contributed by atoms with Crippen molar-refractivity contribution < 1.29 is 0 Å². The molecule has 1 aromatic rings. The average Bonchev–Trinajstić information content (AvgIpc) is 2.84. The van der Waals surface area contributed by atoms with Gasteiger partial charge in [-0.2, -0.15) is 0 Å². The Kier molecular flexibility index (Phi) is 5.24. The first-order chi connectivity index (χ1) is 13.0. The lowest BCUT2D eigenvalue weighted by molar-refractivity contribution is 0.514. The summed E-state index contributed by atoms with van der Waals surface area (Å²) in [6.07, 6.45) is 7.35. The molecule has 0 aromatic heterocycles. The zero-order valence-electron chi connectivity index (χ0n) is 20.5. The predicted octanol–water partition coefficient (Wildman–Crippen LogP) is 5.59. The lowest BCUT2D eigenvalue weighted by Crippen LogP contribution is -2.57. The van der Waals surface area contributed by atoms with Gasteiger partial charge in [0.15, 0.2) is 0 Å². The summed E-state index contributed by atoms with van der Waals surface area (Å²) in [6, 6.07) is 7.24. The number of fused-ring (bicyclic) bond motifs is 2. The molecule has 0 spiro atoms. The van der Waals surface area contributed by atoms with E-state index in [9.17, 15) is 0 Å². The first-order valence-corrected chi connectivity index (χ1v) is 14.1. The van der Waals surface area contributed by atoms with E-state index in [1.165, 1.54) is 27.1 Å². The molecule has 0 radical (unpaired) electrons. The van der Waals surface area contributed by atoms with Gasteiger partial charge in [-0.05, 0) is 63.9 Å². The van der Waals surface area contributed by atoms with Crippen LogP contribution in [0.5, 0.6) is 0 Å². The van der Waals surface area contributed by atoms with Crippen LogP contribution in [-0.4, -0.2) is 13.8 Å². The van der Waals surface area contributed by atoms with E-state index in [1.807, 2.05) is 0 Å². The molecule has 2 heteroatoms. The maximum absolute atomic E-state index is 4.03. The van der Waals surface area contributed by atoms with Crippen LogP contribution in [0.4, 0.5) is 0 Å². The fourth-order valence-electron chi connectivity index (χ4n) is 4.95. The minimum absolute atomic E-state index is 0.113. The third-order valence-corrected chi connectivity index (χ3v) is 9.44. The molecule has 0 aliphatic heterocycles. The molecule has 158 valence electrons. The van der Waals surface area contributed by atoms with Crippen molar-refractivity contribution in [2.24, 2.45) is 11.3 Å². The van der Waals surface area contributed by atoms with Gasteiger partial charge in [-0.25, -0.2) is 0 Å². The molecule has 2 aliphatic rings. The van der Waals surface area contributed by atoms with Crippen LogP contribution in [0.15, 0.2) is 42.0 Å². The van der Waals surface area contributed by atoms with Gasteiger partial charge in [0, 0.05) is 11.5 Å². The fraction of sp³-hybridized carbons (Fsp3) is 0.556. The summed E-state index contributed by atoms with van der Waals surface area (Å²) in [5, 5.41) is 4.57. The average molecular weight is 408 g/mol. The first kappa shape index (κ1) is 22.3. The number of hydrogen-bond acceptors (Lipinski definition) is 1. The summed E-state index contributed by atoms with van der Waals surface area (Å²) in [7, 11) is -1.83. The van der Waals surface area contributed by atoms with Crippen molar-refractivity contribution in [2.75, 3.05) is 0 Å². The van der Waals surface area contributed by atoms with Crippen LogP contribution in [-0.2, 0) is 5.41 Å².